The van der Waals surface area contributed by atoms with Gasteiger partial charge in [-0.3, -0.25) is 9.59 Å². The largest absolute Gasteiger partial charge is 0.468 e. The van der Waals surface area contributed by atoms with E-state index in [1.54, 1.807) is 0 Å². The predicted molar refractivity (Wildman–Crippen MR) is 104 cm³/mol. The Morgan fingerprint density at radius 1 is 0.929 bits per heavy atom. The smallest absolute Gasteiger partial charge is 0.325 e. The average molecular weight is 374 g/mol. The number of hydrogen-bond donors (Lipinski definition) is 0. The SMILES string of the molecule is COC(=O)C1(C(=O)OC)C[C@H]2Cc3ccccc3[C@]1(C#Cc1ccccc1)C2. The van der Waals surface area contributed by atoms with Crippen molar-refractivity contribution < 1.29 is 19.1 Å². The van der Waals surface area contributed by atoms with Gasteiger partial charge in [-0.05, 0) is 48.4 Å². The van der Waals surface area contributed by atoms with E-state index in [2.05, 4.69) is 17.9 Å². The summed E-state index contributed by atoms with van der Waals surface area (Å²) >= 11 is 0. The monoisotopic (exact) mass is 374 g/mol. The van der Waals surface area contributed by atoms with Gasteiger partial charge in [-0.2, -0.15) is 0 Å². The zero-order chi connectivity index (χ0) is 19.8. The summed E-state index contributed by atoms with van der Waals surface area (Å²) in [6, 6.07) is 17.6. The lowest BCUT2D eigenvalue weighted by atomic mass is 9.60. The summed E-state index contributed by atoms with van der Waals surface area (Å²) in [5, 5.41) is 0. The first-order valence-corrected chi connectivity index (χ1v) is 9.41. The second kappa shape index (κ2) is 6.83. The Kier molecular flexibility index (Phi) is 4.47. The first kappa shape index (κ1) is 18.3. The minimum absolute atomic E-state index is 0.165. The Labute approximate surface area is 164 Å². The zero-order valence-corrected chi connectivity index (χ0v) is 16.0. The molecule has 2 aromatic carbocycles. The molecule has 4 nitrogen and oxygen atoms in total. The third kappa shape index (κ3) is 2.46. The third-order valence-electron chi connectivity index (χ3n) is 6.17. The van der Waals surface area contributed by atoms with Gasteiger partial charge in [0.25, 0.3) is 0 Å². The number of hydrogen-bond acceptors (Lipinski definition) is 4. The number of esters is 2. The average Bonchev–Trinajstić information content (AvgIpc) is 3.02. The summed E-state index contributed by atoms with van der Waals surface area (Å²) in [5.74, 6) is 5.62. The molecule has 2 aliphatic rings. The summed E-state index contributed by atoms with van der Waals surface area (Å²) in [6.07, 6.45) is 1.83. The zero-order valence-electron chi connectivity index (χ0n) is 16.0. The van der Waals surface area contributed by atoms with Crippen LogP contribution in [0.3, 0.4) is 0 Å². The summed E-state index contributed by atoms with van der Waals surface area (Å²) in [7, 11) is 2.64. The van der Waals surface area contributed by atoms with Crippen LogP contribution in [0.2, 0.25) is 0 Å². The van der Waals surface area contributed by atoms with Crippen LogP contribution in [0.5, 0.6) is 0 Å². The van der Waals surface area contributed by atoms with Crippen molar-refractivity contribution in [3.05, 3.63) is 71.3 Å². The molecule has 2 aliphatic carbocycles. The molecule has 1 saturated carbocycles. The van der Waals surface area contributed by atoms with Gasteiger partial charge in [0, 0.05) is 5.56 Å². The number of rotatable bonds is 2. The van der Waals surface area contributed by atoms with Crippen LogP contribution >= 0.6 is 0 Å². The predicted octanol–water partition coefficient (Wildman–Crippen LogP) is 3.27. The Balaban J connectivity index is 2.01. The van der Waals surface area contributed by atoms with E-state index in [1.807, 2.05) is 48.5 Å². The lowest BCUT2D eigenvalue weighted by Crippen LogP contribution is -2.53. The third-order valence-corrected chi connectivity index (χ3v) is 6.17. The molecule has 4 heteroatoms. The van der Waals surface area contributed by atoms with Gasteiger partial charge >= 0.3 is 11.9 Å². The van der Waals surface area contributed by atoms with Gasteiger partial charge < -0.3 is 9.47 Å². The molecule has 0 heterocycles. The normalized spacial score (nSPS) is 23.7. The van der Waals surface area contributed by atoms with E-state index in [4.69, 9.17) is 9.47 Å². The van der Waals surface area contributed by atoms with Crippen molar-refractivity contribution in [1.29, 1.82) is 0 Å². The van der Waals surface area contributed by atoms with Crippen LogP contribution in [-0.4, -0.2) is 26.2 Å². The quantitative estimate of drug-likeness (QED) is 0.460. The van der Waals surface area contributed by atoms with Crippen LogP contribution in [0.25, 0.3) is 0 Å². The molecule has 0 radical (unpaired) electrons. The highest BCUT2D eigenvalue weighted by atomic mass is 16.5. The Morgan fingerprint density at radius 3 is 2.25 bits per heavy atom. The minimum atomic E-state index is -1.46. The lowest BCUT2D eigenvalue weighted by Gasteiger charge is -2.40. The molecule has 2 bridgehead atoms. The van der Waals surface area contributed by atoms with Crippen LogP contribution < -0.4 is 0 Å². The topological polar surface area (TPSA) is 52.6 Å². The van der Waals surface area contributed by atoms with Crippen LogP contribution in [-0.2, 0) is 30.9 Å². The van der Waals surface area contributed by atoms with Gasteiger partial charge in [-0.25, -0.2) is 0 Å². The number of fused-ring (bicyclic) bond motifs is 4. The van der Waals surface area contributed by atoms with Gasteiger partial charge in [0.15, 0.2) is 5.41 Å². The van der Waals surface area contributed by atoms with E-state index >= 15 is 0 Å². The van der Waals surface area contributed by atoms with Gasteiger partial charge in [-0.15, -0.1) is 0 Å². The summed E-state index contributed by atoms with van der Waals surface area (Å²) in [5.41, 5.74) is 0.476. The lowest BCUT2D eigenvalue weighted by molar-refractivity contribution is -0.172. The molecule has 142 valence electrons. The summed E-state index contributed by atoms with van der Waals surface area (Å²) < 4.78 is 10.3. The van der Waals surface area contributed by atoms with Gasteiger partial charge in [-0.1, -0.05) is 54.3 Å². The van der Waals surface area contributed by atoms with Crippen molar-refractivity contribution in [1.82, 2.24) is 0 Å². The maximum absolute atomic E-state index is 13.1. The molecule has 0 amide bonds. The first-order chi connectivity index (χ1) is 13.6. The van der Waals surface area contributed by atoms with E-state index in [-0.39, 0.29) is 5.92 Å². The van der Waals surface area contributed by atoms with E-state index < -0.39 is 22.8 Å². The molecule has 1 fully saturated rings. The Bertz CT molecular complexity index is 966. The fraction of sp³-hybridized carbons (Fsp3) is 0.333. The molecule has 0 spiro atoms. The second-order valence-electron chi connectivity index (χ2n) is 7.55. The minimum Gasteiger partial charge on any atom is -0.468 e. The van der Waals surface area contributed by atoms with Gasteiger partial charge in [0.2, 0.25) is 0 Å². The Hall–Kier alpha value is -3.06. The number of benzene rings is 2. The van der Waals surface area contributed by atoms with Crippen molar-refractivity contribution >= 4 is 11.9 Å². The van der Waals surface area contributed by atoms with Crippen molar-refractivity contribution in [2.75, 3.05) is 14.2 Å². The Morgan fingerprint density at radius 2 is 1.57 bits per heavy atom. The molecule has 2 aromatic rings. The van der Waals surface area contributed by atoms with Crippen molar-refractivity contribution in [3.8, 4) is 11.8 Å². The molecule has 4 rings (SSSR count). The van der Waals surface area contributed by atoms with Crippen LogP contribution in [0, 0.1) is 23.2 Å². The van der Waals surface area contributed by atoms with Crippen LogP contribution in [0.15, 0.2) is 54.6 Å². The maximum atomic E-state index is 13.1. The van der Waals surface area contributed by atoms with Gasteiger partial charge in [0.1, 0.15) is 0 Å². The van der Waals surface area contributed by atoms with Gasteiger partial charge in [0.05, 0.1) is 19.6 Å². The highest BCUT2D eigenvalue weighted by Gasteiger charge is 2.70. The molecule has 0 saturated heterocycles. The van der Waals surface area contributed by atoms with Crippen molar-refractivity contribution in [2.45, 2.75) is 24.7 Å². The molecule has 28 heavy (non-hydrogen) atoms. The summed E-state index contributed by atoms with van der Waals surface area (Å²) in [4.78, 5) is 26.2. The number of carbonyl (C=O) groups is 2. The highest BCUT2D eigenvalue weighted by molar-refractivity contribution is 6.04. The molecule has 0 aliphatic heterocycles. The molecule has 2 atom stereocenters. The van der Waals surface area contributed by atoms with E-state index in [0.29, 0.717) is 12.8 Å². The number of ether oxygens (including phenoxy) is 2. The molecule has 0 aromatic heterocycles. The fourth-order valence-electron chi connectivity index (χ4n) is 5.07. The second-order valence-corrected chi connectivity index (χ2v) is 7.55. The number of carbonyl (C=O) groups excluding carboxylic acids is 2. The van der Waals surface area contributed by atoms with Crippen LogP contribution in [0.1, 0.15) is 29.5 Å². The first-order valence-electron chi connectivity index (χ1n) is 9.41. The standard InChI is InChI=1S/C24H22O4/c1-27-21(25)24(22(26)28-2)16-18-14-19-10-6-7-11-20(19)23(24,15-18)13-12-17-8-4-3-5-9-17/h3-11,18H,14-16H2,1-2H3/t18-,23-/m0/s1. The van der Waals surface area contributed by atoms with Crippen LogP contribution in [0.4, 0.5) is 0 Å². The number of methoxy groups -OCH3 is 2. The van der Waals surface area contributed by atoms with Crippen molar-refractivity contribution in [2.24, 2.45) is 11.3 Å². The maximum Gasteiger partial charge on any atom is 0.325 e. The molecular formula is C24H22O4. The summed E-state index contributed by atoms with van der Waals surface area (Å²) in [6.45, 7) is 0. The fourth-order valence-corrected chi connectivity index (χ4v) is 5.07. The van der Waals surface area contributed by atoms with E-state index in [0.717, 1.165) is 23.1 Å². The van der Waals surface area contributed by atoms with E-state index in [1.165, 1.54) is 14.2 Å². The van der Waals surface area contributed by atoms with E-state index in [9.17, 15) is 9.59 Å². The molecule has 0 N–H and O–H groups in total. The molecular weight excluding hydrogens is 352 g/mol. The molecule has 0 unspecified atom stereocenters. The highest BCUT2D eigenvalue weighted by Crippen LogP contribution is 2.61. The van der Waals surface area contributed by atoms with Crippen molar-refractivity contribution in [3.63, 3.8) is 0 Å².